The van der Waals surface area contributed by atoms with Crippen molar-refractivity contribution in [2.45, 2.75) is 6.18 Å². The third kappa shape index (κ3) is 2.40. The first-order chi connectivity index (χ1) is 8.39. The summed E-state index contributed by atoms with van der Waals surface area (Å²) in [7, 11) is 0. The van der Waals surface area contributed by atoms with Crippen molar-refractivity contribution in [1.82, 2.24) is 0 Å². The molecular formula is C11H11F3N2O2. The van der Waals surface area contributed by atoms with Crippen LogP contribution in [0.25, 0.3) is 0 Å². The molecule has 1 fully saturated rings. The number of benzene rings is 1. The van der Waals surface area contributed by atoms with Crippen molar-refractivity contribution in [3.05, 3.63) is 23.8 Å². The zero-order valence-electron chi connectivity index (χ0n) is 9.33. The number of carbonyl (C=O) groups is 1. The third-order valence-electron chi connectivity index (χ3n) is 2.60. The zero-order chi connectivity index (χ0) is 13.3. The van der Waals surface area contributed by atoms with E-state index in [-0.39, 0.29) is 31.1 Å². The van der Waals surface area contributed by atoms with Crippen LogP contribution in [0.15, 0.2) is 18.2 Å². The second-order valence-electron chi connectivity index (χ2n) is 3.87. The predicted octanol–water partition coefficient (Wildman–Crippen LogP) is 1.65. The molecule has 2 N–H and O–H groups in total. The number of morpholine rings is 1. The van der Waals surface area contributed by atoms with Crippen LogP contribution in [-0.2, 0) is 15.7 Å². The highest BCUT2D eigenvalue weighted by Gasteiger charge is 2.36. The van der Waals surface area contributed by atoms with Crippen LogP contribution in [-0.4, -0.2) is 25.7 Å². The van der Waals surface area contributed by atoms with Gasteiger partial charge in [0, 0.05) is 12.2 Å². The largest absolute Gasteiger partial charge is 0.418 e. The van der Waals surface area contributed by atoms with Crippen molar-refractivity contribution >= 4 is 17.3 Å². The van der Waals surface area contributed by atoms with E-state index in [1.54, 1.807) is 0 Å². The number of nitrogens with zero attached hydrogens (tertiary/aromatic N) is 1. The number of carbonyl (C=O) groups excluding carboxylic acids is 1. The quantitative estimate of drug-likeness (QED) is 0.781. The van der Waals surface area contributed by atoms with Crippen LogP contribution < -0.4 is 10.6 Å². The number of rotatable bonds is 1. The van der Waals surface area contributed by atoms with Crippen LogP contribution in [0.3, 0.4) is 0 Å². The summed E-state index contributed by atoms with van der Waals surface area (Å²) in [6.45, 7) is 0.112. The Bertz CT molecular complexity index is 474. The topological polar surface area (TPSA) is 55.6 Å². The molecule has 1 aliphatic rings. The number of ether oxygens (including phenoxy) is 1. The van der Waals surface area contributed by atoms with Crippen LogP contribution in [0.5, 0.6) is 0 Å². The fraction of sp³-hybridized carbons (Fsp3) is 0.364. The molecule has 0 bridgehead atoms. The summed E-state index contributed by atoms with van der Waals surface area (Å²) < 4.78 is 43.5. The molecule has 7 heteroatoms. The number of alkyl halides is 3. The molecular weight excluding hydrogens is 249 g/mol. The molecule has 1 amide bonds. The van der Waals surface area contributed by atoms with Crippen LogP contribution in [0.2, 0.25) is 0 Å². The van der Waals surface area contributed by atoms with E-state index in [4.69, 9.17) is 10.5 Å². The molecule has 1 aromatic rings. The van der Waals surface area contributed by atoms with Gasteiger partial charge in [0.15, 0.2) is 0 Å². The molecule has 0 spiro atoms. The van der Waals surface area contributed by atoms with Gasteiger partial charge in [0.1, 0.15) is 6.61 Å². The lowest BCUT2D eigenvalue weighted by Crippen LogP contribution is -2.42. The lowest BCUT2D eigenvalue weighted by atomic mass is 10.1. The van der Waals surface area contributed by atoms with Crippen LogP contribution in [0.1, 0.15) is 5.56 Å². The van der Waals surface area contributed by atoms with Gasteiger partial charge in [-0.3, -0.25) is 4.79 Å². The zero-order valence-corrected chi connectivity index (χ0v) is 9.33. The van der Waals surface area contributed by atoms with Crippen LogP contribution in [0.4, 0.5) is 24.5 Å². The van der Waals surface area contributed by atoms with Crippen molar-refractivity contribution < 1.29 is 22.7 Å². The monoisotopic (exact) mass is 260 g/mol. The van der Waals surface area contributed by atoms with Crippen molar-refractivity contribution in [1.29, 1.82) is 0 Å². The highest BCUT2D eigenvalue weighted by atomic mass is 19.4. The fourth-order valence-corrected chi connectivity index (χ4v) is 1.79. The molecule has 0 saturated carbocycles. The van der Waals surface area contributed by atoms with E-state index in [1.165, 1.54) is 12.1 Å². The number of hydrogen-bond acceptors (Lipinski definition) is 3. The summed E-state index contributed by atoms with van der Waals surface area (Å²) in [6, 6.07) is 3.38. The average Bonchev–Trinajstić information content (AvgIpc) is 2.29. The Labute approximate surface area is 101 Å². The molecule has 98 valence electrons. The molecule has 4 nitrogen and oxygen atoms in total. The normalized spacial score (nSPS) is 17.1. The number of nitrogens with two attached hydrogens (primary N) is 1. The Morgan fingerprint density at radius 3 is 2.67 bits per heavy atom. The van der Waals surface area contributed by atoms with E-state index in [2.05, 4.69) is 0 Å². The fourth-order valence-electron chi connectivity index (χ4n) is 1.79. The van der Waals surface area contributed by atoms with E-state index < -0.39 is 17.6 Å². The van der Waals surface area contributed by atoms with Crippen LogP contribution >= 0.6 is 0 Å². The van der Waals surface area contributed by atoms with E-state index in [1.807, 2.05) is 0 Å². The molecule has 0 aromatic heterocycles. The van der Waals surface area contributed by atoms with E-state index in [9.17, 15) is 18.0 Å². The summed E-state index contributed by atoms with van der Waals surface area (Å²) in [5, 5.41) is 0. The Morgan fingerprint density at radius 2 is 2.06 bits per heavy atom. The number of halogens is 3. The van der Waals surface area contributed by atoms with E-state index in [0.717, 1.165) is 11.0 Å². The van der Waals surface area contributed by atoms with Crippen molar-refractivity contribution in [2.75, 3.05) is 30.4 Å². The molecule has 1 heterocycles. The summed E-state index contributed by atoms with van der Waals surface area (Å²) in [4.78, 5) is 12.6. The van der Waals surface area contributed by atoms with Gasteiger partial charge in [-0.15, -0.1) is 0 Å². The number of nitrogen functional groups attached to an aromatic ring is 1. The van der Waals surface area contributed by atoms with Crippen molar-refractivity contribution in [3.63, 3.8) is 0 Å². The van der Waals surface area contributed by atoms with Gasteiger partial charge in [-0.25, -0.2) is 0 Å². The SMILES string of the molecule is Nc1ccc(N2CCOCC2=O)c(C(F)(F)F)c1. The standard InChI is InChI=1S/C11H11F3N2O2/c12-11(13,14)8-5-7(15)1-2-9(8)16-3-4-18-6-10(16)17/h1-2,5H,3-4,6,15H2. The first kappa shape index (κ1) is 12.7. The van der Waals surface area contributed by atoms with Gasteiger partial charge in [-0.1, -0.05) is 0 Å². The number of amides is 1. The highest BCUT2D eigenvalue weighted by molar-refractivity contribution is 5.95. The predicted molar refractivity (Wildman–Crippen MR) is 59.0 cm³/mol. The lowest BCUT2D eigenvalue weighted by molar-refractivity contribution is -0.137. The maximum atomic E-state index is 12.9. The Kier molecular flexibility index (Phi) is 3.16. The molecule has 2 rings (SSSR count). The van der Waals surface area contributed by atoms with Gasteiger partial charge in [0.05, 0.1) is 17.9 Å². The lowest BCUT2D eigenvalue weighted by Gasteiger charge is -2.29. The molecule has 0 aliphatic carbocycles. The molecule has 1 saturated heterocycles. The first-order valence-corrected chi connectivity index (χ1v) is 5.24. The van der Waals surface area contributed by atoms with E-state index in [0.29, 0.717) is 0 Å². The third-order valence-corrected chi connectivity index (χ3v) is 2.60. The van der Waals surface area contributed by atoms with Gasteiger partial charge in [-0.05, 0) is 18.2 Å². The Morgan fingerprint density at radius 1 is 1.33 bits per heavy atom. The smallest absolute Gasteiger partial charge is 0.399 e. The maximum Gasteiger partial charge on any atom is 0.418 e. The minimum atomic E-state index is -4.55. The number of anilines is 2. The summed E-state index contributed by atoms with van der Waals surface area (Å²) >= 11 is 0. The number of hydrogen-bond donors (Lipinski definition) is 1. The van der Waals surface area contributed by atoms with Gasteiger partial charge >= 0.3 is 6.18 Å². The summed E-state index contributed by atoms with van der Waals surface area (Å²) in [5.41, 5.74) is 4.29. The van der Waals surface area contributed by atoms with Gasteiger partial charge in [-0.2, -0.15) is 13.2 Å². The summed E-state index contributed by atoms with van der Waals surface area (Å²) in [6.07, 6.45) is -4.55. The van der Waals surface area contributed by atoms with Crippen molar-refractivity contribution in [3.8, 4) is 0 Å². The van der Waals surface area contributed by atoms with Gasteiger partial charge in [0.25, 0.3) is 5.91 Å². The minimum absolute atomic E-state index is 0.00628. The summed E-state index contributed by atoms with van der Waals surface area (Å²) in [5.74, 6) is -0.489. The van der Waals surface area contributed by atoms with Crippen LogP contribution in [0, 0.1) is 0 Å². The average molecular weight is 260 g/mol. The minimum Gasteiger partial charge on any atom is -0.399 e. The second kappa shape index (κ2) is 4.49. The molecule has 0 atom stereocenters. The molecule has 1 aromatic carbocycles. The van der Waals surface area contributed by atoms with Gasteiger partial charge in [0.2, 0.25) is 0 Å². The molecule has 1 aliphatic heterocycles. The molecule has 0 radical (unpaired) electrons. The molecule has 18 heavy (non-hydrogen) atoms. The second-order valence-corrected chi connectivity index (χ2v) is 3.87. The Balaban J connectivity index is 2.46. The Hall–Kier alpha value is -1.76. The first-order valence-electron chi connectivity index (χ1n) is 5.24. The maximum absolute atomic E-state index is 12.9. The van der Waals surface area contributed by atoms with E-state index >= 15 is 0 Å². The molecule has 0 unspecified atom stereocenters. The van der Waals surface area contributed by atoms with Crippen molar-refractivity contribution in [2.24, 2.45) is 0 Å². The highest BCUT2D eigenvalue weighted by Crippen LogP contribution is 2.38. The van der Waals surface area contributed by atoms with Gasteiger partial charge < -0.3 is 15.4 Å².